The molecule has 0 fully saturated rings. The average Bonchev–Trinajstić information content (AvgIpc) is 2.58. The van der Waals surface area contributed by atoms with Crippen molar-refractivity contribution in [2.45, 2.75) is 30.3 Å². The van der Waals surface area contributed by atoms with Crippen LogP contribution in [0.15, 0.2) is 24.3 Å². The van der Waals surface area contributed by atoms with E-state index in [4.69, 9.17) is 33.4 Å². The van der Waals surface area contributed by atoms with Crippen molar-refractivity contribution in [1.82, 2.24) is 5.32 Å². The van der Waals surface area contributed by atoms with Crippen molar-refractivity contribution in [3.63, 3.8) is 0 Å². The van der Waals surface area contributed by atoms with Crippen LogP contribution in [0.25, 0.3) is 0 Å². The number of nitro groups is 1. The second-order valence-electron chi connectivity index (χ2n) is 4.62. The van der Waals surface area contributed by atoms with Crippen molar-refractivity contribution in [2.24, 2.45) is 0 Å². The van der Waals surface area contributed by atoms with E-state index in [-0.39, 0.29) is 5.69 Å². The third-order valence-corrected chi connectivity index (χ3v) is 3.17. The molecule has 136 valence electrons. The van der Waals surface area contributed by atoms with Crippen LogP contribution in [0, 0.1) is 10.1 Å². The van der Waals surface area contributed by atoms with Crippen molar-refractivity contribution in [2.75, 3.05) is 13.2 Å². The van der Waals surface area contributed by atoms with Gasteiger partial charge in [-0.15, -0.1) is 0 Å². The molecule has 4 N–H and O–H groups in total. The van der Waals surface area contributed by atoms with Gasteiger partial charge in [0.1, 0.15) is 6.10 Å². The van der Waals surface area contributed by atoms with Crippen LogP contribution in [0.5, 0.6) is 0 Å². The van der Waals surface area contributed by atoms with E-state index in [1.54, 1.807) is 0 Å². The lowest BCUT2D eigenvalue weighted by Crippen LogP contribution is -2.44. The molecule has 0 saturated heterocycles. The quantitative estimate of drug-likeness (QED) is 0.319. The number of carbonyl (C=O) groups is 1. The second kappa shape index (κ2) is 12.0. The first-order chi connectivity index (χ1) is 11.3. The van der Waals surface area contributed by atoms with E-state index in [9.17, 15) is 20.0 Å². The number of aliphatic hydroxyl groups is 3. The van der Waals surface area contributed by atoms with Gasteiger partial charge in [0, 0.05) is 18.7 Å². The summed E-state index contributed by atoms with van der Waals surface area (Å²) in [6, 6.07) is 4.05. The summed E-state index contributed by atoms with van der Waals surface area (Å²) in [5.74, 6) is -0.756. The van der Waals surface area contributed by atoms with Crippen LogP contribution in [0.2, 0.25) is 0 Å². The predicted molar refractivity (Wildman–Crippen MR) is 89.9 cm³/mol. The Kier molecular flexibility index (Phi) is 11.3. The molecule has 24 heavy (non-hydrogen) atoms. The maximum atomic E-state index is 11.3. The molecule has 2 atom stereocenters. The first kappa shape index (κ1) is 22.6. The lowest BCUT2D eigenvalue weighted by atomic mass is 10.0. The Morgan fingerprint density at radius 3 is 2.12 bits per heavy atom. The van der Waals surface area contributed by atoms with Gasteiger partial charge in [0.15, 0.2) is 4.84 Å². The van der Waals surface area contributed by atoms with Gasteiger partial charge in [-0.3, -0.25) is 14.9 Å². The molecule has 0 spiro atoms. The number of nitro benzene ring substituents is 1. The van der Waals surface area contributed by atoms with E-state index in [1.165, 1.54) is 24.3 Å². The van der Waals surface area contributed by atoms with Crippen LogP contribution in [0.4, 0.5) is 5.69 Å². The van der Waals surface area contributed by atoms with Crippen LogP contribution < -0.4 is 5.32 Å². The lowest BCUT2D eigenvalue weighted by molar-refractivity contribution is -0.384. The minimum atomic E-state index is -1.33. The van der Waals surface area contributed by atoms with Crippen LogP contribution in [0.1, 0.15) is 25.0 Å². The van der Waals surface area contributed by atoms with E-state index in [2.05, 4.69) is 5.32 Å². The number of carbonyl (C=O) groups excluding carboxylic acids is 1. The fourth-order valence-electron chi connectivity index (χ4n) is 1.50. The predicted octanol–water partition coefficient (Wildman–Crippen LogP) is 1.30. The SMILES string of the molecule is CCCO.O=C(N[C@@H](CO)[C@@H](O)c1ccc([N+](=O)[O-])cc1)C(Cl)Cl. The first-order valence-corrected chi connectivity index (χ1v) is 7.88. The summed E-state index contributed by atoms with van der Waals surface area (Å²) in [4.78, 5) is 19.9. The van der Waals surface area contributed by atoms with Crippen LogP contribution in [0.3, 0.4) is 0 Å². The standard InChI is InChI=1S/C11H12Cl2N2O5.C3H8O/c12-10(13)11(18)14-8(5-16)9(17)6-1-3-7(4-2-6)15(19)20;1-2-3-4/h1-4,8-10,16-17H,5H2,(H,14,18);4H,2-3H2,1H3/t8-,9-;/m0./s1. The maximum Gasteiger partial charge on any atom is 0.269 e. The average molecular weight is 383 g/mol. The molecular formula is C14H20Cl2N2O6. The van der Waals surface area contributed by atoms with Crippen molar-refractivity contribution in [3.05, 3.63) is 39.9 Å². The van der Waals surface area contributed by atoms with Crippen molar-refractivity contribution >= 4 is 34.8 Å². The highest BCUT2D eigenvalue weighted by atomic mass is 35.5. The zero-order valence-electron chi connectivity index (χ0n) is 12.9. The molecule has 10 heteroatoms. The molecule has 1 aromatic carbocycles. The number of nitrogens with zero attached hydrogens (tertiary/aromatic N) is 1. The summed E-state index contributed by atoms with van der Waals surface area (Å²) in [5.41, 5.74) is 0.169. The highest BCUT2D eigenvalue weighted by Crippen LogP contribution is 2.20. The molecule has 1 aromatic rings. The van der Waals surface area contributed by atoms with Crippen LogP contribution in [-0.2, 0) is 4.79 Å². The van der Waals surface area contributed by atoms with Crippen molar-refractivity contribution < 1.29 is 25.0 Å². The van der Waals surface area contributed by atoms with E-state index >= 15 is 0 Å². The summed E-state index contributed by atoms with van der Waals surface area (Å²) in [7, 11) is 0. The summed E-state index contributed by atoms with van der Waals surface area (Å²) < 4.78 is 0. The van der Waals surface area contributed by atoms with Gasteiger partial charge < -0.3 is 20.6 Å². The van der Waals surface area contributed by atoms with E-state index < -0.39 is 34.4 Å². The van der Waals surface area contributed by atoms with Gasteiger partial charge in [-0.2, -0.15) is 0 Å². The Labute approximate surface area is 149 Å². The van der Waals surface area contributed by atoms with Gasteiger partial charge in [-0.1, -0.05) is 30.1 Å². The summed E-state index contributed by atoms with van der Waals surface area (Å²) in [5, 5.41) is 39.8. The molecule has 0 bridgehead atoms. The molecule has 0 radical (unpaired) electrons. The van der Waals surface area contributed by atoms with Crippen molar-refractivity contribution in [1.29, 1.82) is 0 Å². The molecule has 0 aliphatic rings. The van der Waals surface area contributed by atoms with Gasteiger partial charge in [0.2, 0.25) is 0 Å². The lowest BCUT2D eigenvalue weighted by Gasteiger charge is -2.22. The molecule has 0 heterocycles. The van der Waals surface area contributed by atoms with Gasteiger partial charge in [0.25, 0.3) is 11.6 Å². The van der Waals surface area contributed by atoms with Gasteiger partial charge >= 0.3 is 0 Å². The zero-order chi connectivity index (χ0) is 18.7. The molecule has 1 amide bonds. The number of hydrogen-bond donors (Lipinski definition) is 4. The minimum absolute atomic E-state index is 0.132. The fourth-order valence-corrected chi connectivity index (χ4v) is 1.62. The van der Waals surface area contributed by atoms with Gasteiger partial charge in [0.05, 0.1) is 17.6 Å². The number of amides is 1. The Balaban J connectivity index is 0.00000118. The second-order valence-corrected chi connectivity index (χ2v) is 5.71. The highest BCUT2D eigenvalue weighted by Gasteiger charge is 2.24. The Morgan fingerprint density at radius 2 is 1.79 bits per heavy atom. The van der Waals surface area contributed by atoms with E-state index in [0.717, 1.165) is 6.42 Å². The monoisotopic (exact) mass is 382 g/mol. The number of hydrogen-bond acceptors (Lipinski definition) is 6. The number of halogens is 2. The third kappa shape index (κ3) is 7.89. The number of alkyl halides is 2. The smallest absolute Gasteiger partial charge is 0.269 e. The third-order valence-electron chi connectivity index (χ3n) is 2.77. The van der Waals surface area contributed by atoms with Gasteiger partial charge in [-0.05, 0) is 24.1 Å². The molecular weight excluding hydrogens is 363 g/mol. The number of benzene rings is 1. The zero-order valence-corrected chi connectivity index (χ0v) is 14.4. The number of aliphatic hydroxyl groups excluding tert-OH is 3. The highest BCUT2D eigenvalue weighted by molar-refractivity contribution is 6.53. The Bertz CT molecular complexity index is 510. The fraction of sp³-hybridized carbons (Fsp3) is 0.500. The Hall–Kier alpha value is -1.45. The van der Waals surface area contributed by atoms with Crippen molar-refractivity contribution in [3.8, 4) is 0 Å². The molecule has 1 rings (SSSR count). The van der Waals surface area contributed by atoms with E-state index in [0.29, 0.717) is 12.2 Å². The van der Waals surface area contributed by atoms with Crippen LogP contribution in [-0.4, -0.2) is 50.2 Å². The molecule has 0 aliphatic heterocycles. The summed E-state index contributed by atoms with van der Waals surface area (Å²) >= 11 is 10.7. The number of non-ortho nitro benzene ring substituents is 1. The molecule has 8 nitrogen and oxygen atoms in total. The van der Waals surface area contributed by atoms with E-state index in [1.807, 2.05) is 6.92 Å². The van der Waals surface area contributed by atoms with Crippen LogP contribution >= 0.6 is 23.2 Å². The summed E-state index contributed by atoms with van der Waals surface area (Å²) in [6.45, 7) is 1.70. The molecule has 0 aliphatic carbocycles. The molecule has 0 unspecified atom stereocenters. The molecule has 0 saturated carbocycles. The largest absolute Gasteiger partial charge is 0.396 e. The Morgan fingerprint density at radius 1 is 1.29 bits per heavy atom. The number of rotatable bonds is 7. The normalized spacial score (nSPS) is 12.8. The first-order valence-electron chi connectivity index (χ1n) is 7.01. The molecule has 0 aromatic heterocycles. The van der Waals surface area contributed by atoms with Gasteiger partial charge in [-0.25, -0.2) is 0 Å². The maximum absolute atomic E-state index is 11.3. The minimum Gasteiger partial charge on any atom is -0.396 e. The topological polar surface area (TPSA) is 133 Å². The summed E-state index contributed by atoms with van der Waals surface area (Å²) in [6.07, 6.45) is -0.378. The number of nitrogens with one attached hydrogen (secondary N) is 1.